The molecule has 4 N–H and O–H groups in total. The fraction of sp³-hybridized carbons (Fsp3) is 0.200. The van der Waals surface area contributed by atoms with Gasteiger partial charge in [0.25, 0.3) is 0 Å². The quantitative estimate of drug-likeness (QED) is 0.689. The first-order chi connectivity index (χ1) is 7.49. The third-order valence-electron chi connectivity index (χ3n) is 1.75. The summed E-state index contributed by atoms with van der Waals surface area (Å²) in [6, 6.07) is 5.65. The molecule has 6 heteroatoms. The van der Waals surface area contributed by atoms with E-state index in [9.17, 15) is 14.7 Å². The van der Waals surface area contributed by atoms with E-state index in [2.05, 4.69) is 0 Å². The second kappa shape index (κ2) is 5.41. The Balaban J connectivity index is 2.60. The molecule has 1 unspecified atom stereocenters. The molecular weight excluding hydrogens is 228 g/mol. The summed E-state index contributed by atoms with van der Waals surface area (Å²) in [5.41, 5.74) is 4.83. The minimum absolute atomic E-state index is 0.132. The number of primary amides is 1. The SMILES string of the molecule is CC(Sc1cccc(O)c1)C(=O)NC(N)=O. The highest BCUT2D eigenvalue weighted by Crippen LogP contribution is 2.25. The van der Waals surface area contributed by atoms with Crippen molar-refractivity contribution in [2.45, 2.75) is 17.1 Å². The van der Waals surface area contributed by atoms with Gasteiger partial charge in [0, 0.05) is 4.90 Å². The van der Waals surface area contributed by atoms with Crippen LogP contribution in [-0.4, -0.2) is 22.3 Å². The molecule has 0 aliphatic carbocycles. The molecule has 0 aromatic heterocycles. The van der Waals surface area contributed by atoms with Crippen molar-refractivity contribution in [1.82, 2.24) is 5.32 Å². The molecule has 0 fully saturated rings. The van der Waals surface area contributed by atoms with Gasteiger partial charge in [-0.3, -0.25) is 10.1 Å². The van der Waals surface area contributed by atoms with Crippen molar-refractivity contribution in [3.05, 3.63) is 24.3 Å². The number of thioether (sulfide) groups is 1. The first-order valence-corrected chi connectivity index (χ1v) is 5.43. The van der Waals surface area contributed by atoms with Gasteiger partial charge in [-0.1, -0.05) is 6.07 Å². The van der Waals surface area contributed by atoms with E-state index in [1.165, 1.54) is 17.8 Å². The van der Waals surface area contributed by atoms with Crippen LogP contribution >= 0.6 is 11.8 Å². The lowest BCUT2D eigenvalue weighted by Crippen LogP contribution is -2.39. The number of carbonyl (C=O) groups excluding carboxylic acids is 2. The summed E-state index contributed by atoms with van der Waals surface area (Å²) >= 11 is 1.23. The van der Waals surface area contributed by atoms with E-state index in [4.69, 9.17) is 5.73 Å². The number of nitrogens with one attached hydrogen (secondary N) is 1. The lowest BCUT2D eigenvalue weighted by Gasteiger charge is -2.09. The summed E-state index contributed by atoms with van der Waals surface area (Å²) in [4.78, 5) is 22.6. The minimum Gasteiger partial charge on any atom is -0.508 e. The summed E-state index contributed by atoms with van der Waals surface area (Å²) < 4.78 is 0. The van der Waals surface area contributed by atoms with Crippen LogP contribution in [0.25, 0.3) is 0 Å². The van der Waals surface area contributed by atoms with E-state index in [0.717, 1.165) is 4.90 Å². The number of amides is 3. The van der Waals surface area contributed by atoms with Gasteiger partial charge in [-0.05, 0) is 25.1 Å². The fourth-order valence-corrected chi connectivity index (χ4v) is 1.96. The molecule has 5 nitrogen and oxygen atoms in total. The van der Waals surface area contributed by atoms with Crippen LogP contribution in [0.2, 0.25) is 0 Å². The first kappa shape index (κ1) is 12.4. The molecule has 86 valence electrons. The number of nitrogens with two attached hydrogens (primary N) is 1. The van der Waals surface area contributed by atoms with Crippen molar-refractivity contribution >= 4 is 23.7 Å². The van der Waals surface area contributed by atoms with E-state index >= 15 is 0 Å². The van der Waals surface area contributed by atoms with Crippen molar-refractivity contribution in [3.63, 3.8) is 0 Å². The molecule has 3 amide bonds. The Labute approximate surface area is 97.0 Å². The zero-order chi connectivity index (χ0) is 12.1. The molecule has 16 heavy (non-hydrogen) atoms. The molecule has 0 radical (unpaired) electrons. The fourth-order valence-electron chi connectivity index (χ4n) is 1.04. The number of hydrogen-bond donors (Lipinski definition) is 3. The Morgan fingerprint density at radius 1 is 1.50 bits per heavy atom. The third kappa shape index (κ3) is 3.82. The average Bonchev–Trinajstić information content (AvgIpc) is 2.16. The number of benzene rings is 1. The van der Waals surface area contributed by atoms with Gasteiger partial charge >= 0.3 is 6.03 Å². The van der Waals surface area contributed by atoms with Gasteiger partial charge in [-0.25, -0.2) is 4.79 Å². The molecule has 0 heterocycles. The second-order valence-electron chi connectivity index (χ2n) is 3.11. The standard InChI is InChI=1S/C10H12N2O3S/c1-6(9(14)12-10(11)15)16-8-4-2-3-7(13)5-8/h2-6,13H,1H3,(H3,11,12,14,15). The lowest BCUT2D eigenvalue weighted by molar-refractivity contribution is -0.119. The summed E-state index contributed by atoms with van der Waals surface area (Å²) in [5.74, 6) is -0.326. The largest absolute Gasteiger partial charge is 0.508 e. The molecule has 0 saturated heterocycles. The highest BCUT2D eigenvalue weighted by molar-refractivity contribution is 8.00. The van der Waals surface area contributed by atoms with Crippen LogP contribution in [0.4, 0.5) is 4.79 Å². The van der Waals surface area contributed by atoms with E-state index in [1.807, 2.05) is 5.32 Å². The van der Waals surface area contributed by atoms with E-state index in [1.54, 1.807) is 25.1 Å². The smallest absolute Gasteiger partial charge is 0.318 e. The Hall–Kier alpha value is -1.69. The Morgan fingerprint density at radius 3 is 2.75 bits per heavy atom. The topological polar surface area (TPSA) is 92.4 Å². The van der Waals surface area contributed by atoms with Gasteiger partial charge in [-0.15, -0.1) is 11.8 Å². The van der Waals surface area contributed by atoms with Crippen LogP contribution in [0.1, 0.15) is 6.92 Å². The molecule has 0 aliphatic rings. The summed E-state index contributed by atoms with van der Waals surface area (Å²) in [5, 5.41) is 10.8. The van der Waals surface area contributed by atoms with Crippen LogP contribution < -0.4 is 11.1 Å². The summed E-state index contributed by atoms with van der Waals surface area (Å²) in [6.07, 6.45) is 0. The minimum atomic E-state index is -0.867. The van der Waals surface area contributed by atoms with E-state index < -0.39 is 17.2 Å². The van der Waals surface area contributed by atoms with Gasteiger partial charge in [0.05, 0.1) is 5.25 Å². The molecule has 1 aromatic carbocycles. The second-order valence-corrected chi connectivity index (χ2v) is 4.53. The number of aromatic hydroxyl groups is 1. The van der Waals surface area contributed by atoms with Gasteiger partial charge in [0.15, 0.2) is 0 Å². The molecule has 1 aromatic rings. The van der Waals surface area contributed by atoms with Crippen LogP contribution in [0.15, 0.2) is 29.2 Å². The van der Waals surface area contributed by atoms with E-state index in [-0.39, 0.29) is 5.75 Å². The van der Waals surface area contributed by atoms with Crippen molar-refractivity contribution < 1.29 is 14.7 Å². The van der Waals surface area contributed by atoms with Crippen molar-refractivity contribution in [1.29, 1.82) is 0 Å². The van der Waals surface area contributed by atoms with Gasteiger partial charge in [-0.2, -0.15) is 0 Å². The van der Waals surface area contributed by atoms with Crippen LogP contribution in [0, 0.1) is 0 Å². The predicted octanol–water partition coefficient (Wildman–Crippen LogP) is 1.07. The highest BCUT2D eigenvalue weighted by Gasteiger charge is 2.15. The number of carbonyl (C=O) groups is 2. The average molecular weight is 240 g/mol. The number of imide groups is 1. The number of hydrogen-bond acceptors (Lipinski definition) is 4. The molecule has 0 saturated carbocycles. The van der Waals surface area contributed by atoms with Crippen molar-refractivity contribution in [2.75, 3.05) is 0 Å². The van der Waals surface area contributed by atoms with Crippen LogP contribution in [0.5, 0.6) is 5.75 Å². The molecule has 0 bridgehead atoms. The number of urea groups is 1. The lowest BCUT2D eigenvalue weighted by atomic mass is 10.3. The van der Waals surface area contributed by atoms with Crippen LogP contribution in [-0.2, 0) is 4.79 Å². The molecule has 0 spiro atoms. The molecular formula is C10H12N2O3S. The highest BCUT2D eigenvalue weighted by atomic mass is 32.2. The maximum Gasteiger partial charge on any atom is 0.318 e. The van der Waals surface area contributed by atoms with Gasteiger partial charge in [0.2, 0.25) is 5.91 Å². The Morgan fingerprint density at radius 2 is 2.19 bits per heavy atom. The van der Waals surface area contributed by atoms with Gasteiger partial charge in [0.1, 0.15) is 5.75 Å². The maximum absolute atomic E-state index is 11.3. The molecule has 0 aliphatic heterocycles. The first-order valence-electron chi connectivity index (χ1n) is 4.55. The van der Waals surface area contributed by atoms with Gasteiger partial charge < -0.3 is 10.8 Å². The normalized spacial score (nSPS) is 11.8. The Bertz CT molecular complexity index is 409. The van der Waals surface area contributed by atoms with Crippen molar-refractivity contribution in [2.24, 2.45) is 5.73 Å². The molecule has 1 rings (SSSR count). The zero-order valence-electron chi connectivity index (χ0n) is 8.64. The maximum atomic E-state index is 11.3. The number of rotatable bonds is 3. The molecule has 1 atom stereocenters. The number of phenolic OH excluding ortho intramolecular Hbond substituents is 1. The monoisotopic (exact) mass is 240 g/mol. The van der Waals surface area contributed by atoms with Crippen molar-refractivity contribution in [3.8, 4) is 5.75 Å². The number of phenols is 1. The van der Waals surface area contributed by atoms with Crippen LogP contribution in [0.3, 0.4) is 0 Å². The van der Waals surface area contributed by atoms with E-state index in [0.29, 0.717) is 0 Å². The summed E-state index contributed by atoms with van der Waals surface area (Å²) in [7, 11) is 0. The summed E-state index contributed by atoms with van der Waals surface area (Å²) in [6.45, 7) is 1.65. The predicted molar refractivity (Wildman–Crippen MR) is 61.2 cm³/mol. The Kier molecular flexibility index (Phi) is 4.19. The third-order valence-corrected chi connectivity index (χ3v) is 2.84. The zero-order valence-corrected chi connectivity index (χ0v) is 9.45.